The van der Waals surface area contributed by atoms with Crippen molar-refractivity contribution in [2.75, 3.05) is 33.4 Å². The van der Waals surface area contributed by atoms with Gasteiger partial charge in [0.05, 0.1) is 25.2 Å². The highest BCUT2D eigenvalue weighted by atomic mass is 32.2. The minimum atomic E-state index is -3.86. The minimum Gasteiger partial charge on any atom is -0.497 e. The van der Waals surface area contributed by atoms with E-state index in [-0.39, 0.29) is 24.5 Å². The molecule has 4 rings (SSSR count). The van der Waals surface area contributed by atoms with E-state index >= 15 is 0 Å². The molecule has 186 valence electrons. The molecule has 1 aliphatic rings. The number of carbonyl (C=O) groups is 2. The van der Waals surface area contributed by atoms with Crippen molar-refractivity contribution in [1.29, 1.82) is 0 Å². The molecule has 1 atom stereocenters. The van der Waals surface area contributed by atoms with Gasteiger partial charge in [-0.15, -0.1) is 0 Å². The maximum atomic E-state index is 13.1. The molecule has 2 heterocycles. The van der Waals surface area contributed by atoms with Crippen LogP contribution in [0.4, 0.5) is 0 Å². The molecule has 3 aromatic rings. The lowest BCUT2D eigenvalue weighted by atomic mass is 10.1. The first-order valence-corrected chi connectivity index (χ1v) is 12.7. The molecule has 0 unspecified atom stereocenters. The van der Waals surface area contributed by atoms with Crippen LogP contribution >= 0.6 is 0 Å². The molecule has 1 saturated heterocycles. The fraction of sp³-hybridized carbons (Fsp3) is 0.333. The van der Waals surface area contributed by atoms with E-state index in [1.165, 1.54) is 23.5 Å². The van der Waals surface area contributed by atoms with Crippen LogP contribution in [-0.4, -0.2) is 69.1 Å². The summed E-state index contributed by atoms with van der Waals surface area (Å²) in [5.74, 6) is -1.09. The number of methoxy groups -OCH3 is 1. The van der Waals surface area contributed by atoms with Crippen molar-refractivity contribution < 1.29 is 27.5 Å². The zero-order valence-corrected chi connectivity index (χ0v) is 20.1. The topological polar surface area (TPSA) is 130 Å². The number of sulfonamides is 1. The molecule has 3 N–H and O–H groups in total. The van der Waals surface area contributed by atoms with Crippen molar-refractivity contribution in [3.05, 3.63) is 60.3 Å². The second-order valence-electron chi connectivity index (χ2n) is 8.05. The predicted molar refractivity (Wildman–Crippen MR) is 129 cm³/mol. The zero-order chi connectivity index (χ0) is 24.8. The van der Waals surface area contributed by atoms with Crippen LogP contribution in [0, 0.1) is 0 Å². The van der Waals surface area contributed by atoms with Crippen molar-refractivity contribution in [3.8, 4) is 5.75 Å². The van der Waals surface area contributed by atoms with Crippen molar-refractivity contribution in [3.63, 3.8) is 0 Å². The third-order valence-electron chi connectivity index (χ3n) is 5.82. The summed E-state index contributed by atoms with van der Waals surface area (Å²) in [5, 5.41) is 6.16. The van der Waals surface area contributed by atoms with E-state index in [4.69, 9.17) is 9.47 Å². The number of benzene rings is 2. The first-order chi connectivity index (χ1) is 16.9. The second kappa shape index (κ2) is 10.9. The minimum absolute atomic E-state index is 0.0927. The molecule has 10 nitrogen and oxygen atoms in total. The van der Waals surface area contributed by atoms with E-state index < -0.39 is 28.1 Å². The van der Waals surface area contributed by atoms with Gasteiger partial charge in [-0.3, -0.25) is 9.59 Å². The van der Waals surface area contributed by atoms with Gasteiger partial charge >= 0.3 is 11.8 Å². The van der Waals surface area contributed by atoms with E-state index in [0.717, 1.165) is 16.5 Å². The van der Waals surface area contributed by atoms with Gasteiger partial charge in [0.1, 0.15) is 12.0 Å². The quantitative estimate of drug-likeness (QED) is 0.401. The van der Waals surface area contributed by atoms with Crippen LogP contribution in [-0.2, 0) is 30.8 Å². The molecule has 1 aromatic heterocycles. The standard InChI is InChI=1S/C24H28N4O6S/c1-33-18-7-9-19(10-8-18)35(31,32)28-13-4-14-34-22(28)16-27-24(30)23(29)25-12-11-17-15-26-21-6-3-2-5-20(17)21/h2-3,5-10,15,22,26H,4,11-14,16H2,1H3,(H,25,29)(H,27,30)/t22-/m0/s1. The first kappa shape index (κ1) is 24.7. The number of amides is 2. The molecular weight excluding hydrogens is 472 g/mol. The van der Waals surface area contributed by atoms with Crippen LogP contribution in [0.25, 0.3) is 10.9 Å². The summed E-state index contributed by atoms with van der Waals surface area (Å²) in [6.07, 6.45) is 2.05. The Balaban J connectivity index is 1.31. The number of hydrogen-bond acceptors (Lipinski definition) is 6. The molecule has 11 heteroatoms. The molecule has 1 aliphatic heterocycles. The van der Waals surface area contributed by atoms with Gasteiger partial charge in [-0.2, -0.15) is 4.31 Å². The monoisotopic (exact) mass is 500 g/mol. The maximum Gasteiger partial charge on any atom is 0.309 e. The number of rotatable bonds is 8. The number of carbonyl (C=O) groups excluding carboxylic acids is 2. The van der Waals surface area contributed by atoms with Crippen molar-refractivity contribution in [1.82, 2.24) is 19.9 Å². The lowest BCUT2D eigenvalue weighted by Gasteiger charge is -2.34. The Morgan fingerprint density at radius 3 is 2.63 bits per heavy atom. The van der Waals surface area contributed by atoms with Crippen LogP contribution in [0.1, 0.15) is 12.0 Å². The number of nitrogens with one attached hydrogen (secondary N) is 3. The summed E-state index contributed by atoms with van der Waals surface area (Å²) in [5.41, 5.74) is 2.05. The highest BCUT2D eigenvalue weighted by Gasteiger charge is 2.35. The van der Waals surface area contributed by atoms with Crippen molar-refractivity contribution >= 4 is 32.7 Å². The summed E-state index contributed by atoms with van der Waals surface area (Å²) in [4.78, 5) is 27.8. The highest BCUT2D eigenvalue weighted by molar-refractivity contribution is 7.89. The zero-order valence-electron chi connectivity index (χ0n) is 19.3. The van der Waals surface area contributed by atoms with Gasteiger partial charge in [0.25, 0.3) is 0 Å². The number of ether oxygens (including phenoxy) is 2. The van der Waals surface area contributed by atoms with Crippen LogP contribution in [0.3, 0.4) is 0 Å². The number of aromatic nitrogens is 1. The van der Waals surface area contributed by atoms with Crippen LogP contribution < -0.4 is 15.4 Å². The summed E-state index contributed by atoms with van der Waals surface area (Å²) < 4.78 is 38.2. The third-order valence-corrected chi connectivity index (χ3v) is 7.72. The lowest BCUT2D eigenvalue weighted by molar-refractivity contribution is -0.140. The normalized spacial score (nSPS) is 16.7. The molecule has 0 saturated carbocycles. The Labute approximate surface area is 203 Å². The van der Waals surface area contributed by atoms with Gasteiger partial charge in [0, 0.05) is 30.2 Å². The van der Waals surface area contributed by atoms with E-state index in [1.54, 1.807) is 12.1 Å². The van der Waals surface area contributed by atoms with Crippen molar-refractivity contribution in [2.45, 2.75) is 24.0 Å². The van der Waals surface area contributed by atoms with Crippen LogP contribution in [0.15, 0.2) is 59.6 Å². The molecule has 0 radical (unpaired) electrons. The van der Waals surface area contributed by atoms with Crippen LogP contribution in [0.2, 0.25) is 0 Å². The van der Waals surface area contributed by atoms with Gasteiger partial charge in [-0.1, -0.05) is 18.2 Å². The fourth-order valence-corrected chi connectivity index (χ4v) is 5.54. The molecule has 0 aliphatic carbocycles. The average Bonchev–Trinajstić information content (AvgIpc) is 3.30. The Morgan fingerprint density at radius 1 is 1.11 bits per heavy atom. The van der Waals surface area contributed by atoms with Gasteiger partial charge in [-0.25, -0.2) is 8.42 Å². The predicted octanol–water partition coefficient (Wildman–Crippen LogP) is 1.39. The first-order valence-electron chi connectivity index (χ1n) is 11.3. The fourth-order valence-electron chi connectivity index (χ4n) is 3.98. The highest BCUT2D eigenvalue weighted by Crippen LogP contribution is 2.24. The molecule has 2 amide bonds. The van der Waals surface area contributed by atoms with Gasteiger partial charge in [0.2, 0.25) is 10.0 Å². The number of H-pyrrole nitrogens is 1. The van der Waals surface area contributed by atoms with E-state index in [1.807, 2.05) is 30.5 Å². The molecular formula is C24H28N4O6S. The average molecular weight is 501 g/mol. The largest absolute Gasteiger partial charge is 0.497 e. The SMILES string of the molecule is COc1ccc(S(=O)(=O)N2CCCO[C@H]2CNC(=O)C(=O)NCCc2c[nH]c3ccccc23)cc1. The van der Waals surface area contributed by atoms with Gasteiger partial charge in [0.15, 0.2) is 0 Å². The Hall–Kier alpha value is -3.41. The van der Waals surface area contributed by atoms with Crippen molar-refractivity contribution in [2.24, 2.45) is 0 Å². The Bertz CT molecular complexity index is 1290. The van der Waals surface area contributed by atoms with E-state index in [2.05, 4.69) is 15.6 Å². The smallest absolute Gasteiger partial charge is 0.309 e. The number of hydrogen-bond donors (Lipinski definition) is 3. The number of nitrogens with zero attached hydrogens (tertiary/aromatic N) is 1. The molecule has 35 heavy (non-hydrogen) atoms. The van der Waals surface area contributed by atoms with E-state index in [0.29, 0.717) is 25.2 Å². The number of para-hydroxylation sites is 1. The number of fused-ring (bicyclic) bond motifs is 1. The van der Waals surface area contributed by atoms with Gasteiger partial charge in [-0.05, 0) is 48.7 Å². The number of aromatic amines is 1. The second-order valence-corrected chi connectivity index (χ2v) is 9.94. The van der Waals surface area contributed by atoms with E-state index in [9.17, 15) is 18.0 Å². The third kappa shape index (κ3) is 5.64. The molecule has 1 fully saturated rings. The van der Waals surface area contributed by atoms with Crippen LogP contribution in [0.5, 0.6) is 5.75 Å². The molecule has 0 bridgehead atoms. The Morgan fingerprint density at radius 2 is 1.86 bits per heavy atom. The maximum absolute atomic E-state index is 13.1. The summed E-state index contributed by atoms with van der Waals surface area (Å²) in [6.45, 7) is 0.730. The lowest BCUT2D eigenvalue weighted by Crippen LogP contribution is -2.53. The summed E-state index contributed by atoms with van der Waals surface area (Å²) in [7, 11) is -2.36. The Kier molecular flexibility index (Phi) is 7.69. The molecule has 0 spiro atoms. The molecule has 2 aromatic carbocycles. The summed E-state index contributed by atoms with van der Waals surface area (Å²) >= 11 is 0. The van der Waals surface area contributed by atoms with Gasteiger partial charge < -0.3 is 25.1 Å². The summed E-state index contributed by atoms with van der Waals surface area (Å²) in [6, 6.07) is 13.9.